The maximum absolute atomic E-state index is 12.4. The fraction of sp³-hybridized carbons (Fsp3) is 0.875. The zero-order valence-corrected chi connectivity index (χ0v) is 33.8. The zero-order valence-electron chi connectivity index (χ0n) is 33.0. The van der Waals surface area contributed by atoms with Crippen LogP contribution in [0.4, 0.5) is 0 Å². The lowest BCUT2D eigenvalue weighted by Gasteiger charge is -2.51. The van der Waals surface area contributed by atoms with Gasteiger partial charge in [-0.3, -0.25) is 23.7 Å². The van der Waals surface area contributed by atoms with E-state index in [9.17, 15) is 73.6 Å². The maximum atomic E-state index is 12.4. The van der Waals surface area contributed by atoms with Gasteiger partial charge in [-0.2, -0.15) is 8.42 Å². The lowest BCUT2D eigenvalue weighted by Crippen LogP contribution is -2.71. The van der Waals surface area contributed by atoms with Crippen LogP contribution in [-0.4, -0.2) is 232 Å². The fourth-order valence-electron chi connectivity index (χ4n) is 7.31. The van der Waals surface area contributed by atoms with Crippen LogP contribution < -0.4 is 21.3 Å². The molecule has 4 aliphatic heterocycles. The van der Waals surface area contributed by atoms with Crippen molar-refractivity contribution in [3.8, 4) is 0 Å². The summed E-state index contributed by atoms with van der Waals surface area (Å²) in [5, 5.41) is 106. The molecule has 28 nitrogen and oxygen atoms in total. The van der Waals surface area contributed by atoms with Crippen molar-refractivity contribution >= 4 is 34.0 Å². The smallest absolute Gasteiger partial charge is 0.394 e. The molecule has 0 bridgehead atoms. The second-order valence-electron chi connectivity index (χ2n) is 14.6. The second-order valence-corrected chi connectivity index (χ2v) is 15.7. The van der Waals surface area contributed by atoms with Crippen molar-refractivity contribution in [2.75, 3.05) is 26.4 Å². The van der Waals surface area contributed by atoms with Gasteiger partial charge < -0.3 is 100 Å². The van der Waals surface area contributed by atoms with Crippen LogP contribution in [0.5, 0.6) is 0 Å². The third-order valence-corrected chi connectivity index (χ3v) is 10.4. The van der Waals surface area contributed by atoms with Crippen molar-refractivity contribution in [2.45, 2.75) is 150 Å². The first-order valence-electron chi connectivity index (χ1n) is 18.7. The average Bonchev–Trinajstić information content (AvgIpc) is 3.16. The summed E-state index contributed by atoms with van der Waals surface area (Å²) in [7, 11) is -5.14. The normalized spacial score (nSPS) is 41.9. The molecular formula is C32H54N4O24S. The van der Waals surface area contributed by atoms with Gasteiger partial charge in [-0.25, -0.2) is 4.18 Å². The van der Waals surface area contributed by atoms with Crippen molar-refractivity contribution in [1.29, 1.82) is 0 Å². The van der Waals surface area contributed by atoms with Crippen LogP contribution in [-0.2, 0) is 66.9 Å². The van der Waals surface area contributed by atoms with Crippen molar-refractivity contribution < 1.29 is 115 Å². The van der Waals surface area contributed by atoms with Gasteiger partial charge in [0.25, 0.3) is 0 Å². The third kappa shape index (κ3) is 12.6. The van der Waals surface area contributed by atoms with E-state index in [-0.39, 0.29) is 0 Å². The summed E-state index contributed by atoms with van der Waals surface area (Å²) < 4.78 is 76.7. The monoisotopic (exact) mass is 910 g/mol. The van der Waals surface area contributed by atoms with E-state index in [0.29, 0.717) is 0 Å². The van der Waals surface area contributed by atoms with Gasteiger partial charge in [0.05, 0.1) is 26.4 Å². The predicted molar refractivity (Wildman–Crippen MR) is 191 cm³/mol. The molecule has 0 saturated carbocycles. The topological polar surface area (TPSA) is 427 Å². The van der Waals surface area contributed by atoms with Crippen molar-refractivity contribution in [2.24, 2.45) is 0 Å². The van der Waals surface area contributed by atoms with Crippen LogP contribution in [0, 0.1) is 0 Å². The molecule has 4 aliphatic rings. The minimum Gasteiger partial charge on any atom is -0.394 e. The summed E-state index contributed by atoms with van der Waals surface area (Å²) in [5.74, 6) is -3.10. The molecule has 0 aromatic carbocycles. The van der Waals surface area contributed by atoms with Crippen LogP contribution >= 0.6 is 0 Å². The molecule has 0 spiro atoms. The van der Waals surface area contributed by atoms with E-state index < -0.39 is 183 Å². The van der Waals surface area contributed by atoms with E-state index in [1.165, 1.54) is 0 Å². The standard InChI is InChI=1S/C32H54N4O24S/c1-9(40)33-17-23(46)28(16(54-29(17)49)8-53-61(50,51)52)60-32-20(36-12(4)43)25(48)27(15(7-39)57-32)59-31-19(35-11(3)42)24(47)26(14(6-38)56-31)58-30-18(34-10(2)41)22(45)21(44)13(5-37)55-30/h13-32,37-39,44-49H,5-8H2,1-4H3,(H,33,40)(H,34,41)(H,35,42)(H,36,43)(H,50,51,52)/t13-,14-,15-,16-,17-,18-,19-,20-,21-,22-,23?,24?,25-,26-,27-,28-,29-,30+,31+,32+/m1/s1. The Hall–Kier alpha value is -2.89. The van der Waals surface area contributed by atoms with Gasteiger partial charge in [-0.05, 0) is 0 Å². The highest BCUT2D eigenvalue weighted by Crippen LogP contribution is 2.34. The summed E-state index contributed by atoms with van der Waals surface area (Å²) in [6.07, 6.45) is -28.8. The number of hydrogen-bond acceptors (Lipinski definition) is 23. The lowest BCUT2D eigenvalue weighted by molar-refractivity contribution is -0.361. The van der Waals surface area contributed by atoms with Gasteiger partial charge in [0.15, 0.2) is 25.2 Å². The first kappa shape index (κ1) is 50.8. The first-order chi connectivity index (χ1) is 28.5. The van der Waals surface area contributed by atoms with Gasteiger partial charge in [0.2, 0.25) is 23.6 Å². The Kier molecular flexibility index (Phi) is 18.0. The van der Waals surface area contributed by atoms with Crippen LogP contribution in [0.1, 0.15) is 27.7 Å². The Labute approximate surface area is 347 Å². The van der Waals surface area contributed by atoms with E-state index in [0.717, 1.165) is 27.7 Å². The largest absolute Gasteiger partial charge is 0.397 e. The molecule has 20 atom stereocenters. The zero-order chi connectivity index (χ0) is 45.7. The molecule has 0 aromatic heterocycles. The Balaban J connectivity index is 1.63. The summed E-state index contributed by atoms with van der Waals surface area (Å²) in [5.41, 5.74) is 0. The molecule has 4 amide bonds. The number of aliphatic hydroxyl groups excluding tert-OH is 9. The summed E-state index contributed by atoms with van der Waals surface area (Å²) in [6, 6.07) is -6.56. The molecule has 4 fully saturated rings. The molecule has 4 heterocycles. The number of rotatable bonds is 16. The Morgan fingerprint density at radius 1 is 0.492 bits per heavy atom. The molecule has 4 saturated heterocycles. The van der Waals surface area contributed by atoms with Crippen molar-refractivity contribution in [3.63, 3.8) is 0 Å². The molecular weight excluding hydrogens is 856 g/mol. The van der Waals surface area contributed by atoms with Crippen LogP contribution in [0.3, 0.4) is 0 Å². The first-order valence-corrected chi connectivity index (χ1v) is 20.1. The minimum atomic E-state index is -5.14. The SMILES string of the molecule is CC(=O)N[C@H]1[C@H](O[C@H]2C(O)[C@@H](NC(C)=O)[C@H](O)O[C@@H]2COS(=O)(=O)O)O[C@H](CO)[C@@H](O[C@@H]2O[C@H](CO)[C@@H](O[C@@H]3O[C@H](CO)[C@@H](O)[C@H](O)[C@H]3NC(C)=O)C(O)[C@H]2NC(C)=O)[C@@H]1O. The molecule has 4 rings (SSSR count). The molecule has 0 aromatic rings. The van der Waals surface area contributed by atoms with Crippen molar-refractivity contribution in [3.05, 3.63) is 0 Å². The number of amides is 4. The van der Waals surface area contributed by atoms with Gasteiger partial charge in [0, 0.05) is 27.7 Å². The lowest BCUT2D eigenvalue weighted by atomic mass is 9.93. The summed E-state index contributed by atoms with van der Waals surface area (Å²) >= 11 is 0. The van der Waals surface area contributed by atoms with E-state index in [2.05, 4.69) is 25.5 Å². The molecule has 2 unspecified atom stereocenters. The van der Waals surface area contributed by atoms with E-state index in [1.54, 1.807) is 0 Å². The van der Waals surface area contributed by atoms with Gasteiger partial charge in [-0.15, -0.1) is 0 Å². The molecule has 0 aliphatic carbocycles. The molecule has 14 N–H and O–H groups in total. The average molecular weight is 911 g/mol. The van der Waals surface area contributed by atoms with E-state index in [1.807, 2.05) is 0 Å². The minimum absolute atomic E-state index is 0.709. The Bertz CT molecular complexity index is 1620. The highest BCUT2D eigenvalue weighted by Gasteiger charge is 2.56. The Morgan fingerprint density at radius 3 is 1.18 bits per heavy atom. The number of carbonyl (C=O) groups is 4. The van der Waals surface area contributed by atoms with Crippen LogP contribution in [0.15, 0.2) is 0 Å². The summed E-state index contributed by atoms with van der Waals surface area (Å²) in [6.45, 7) is 0.251. The summed E-state index contributed by atoms with van der Waals surface area (Å²) in [4.78, 5) is 48.7. The highest BCUT2D eigenvalue weighted by atomic mass is 32.3. The quantitative estimate of drug-likeness (QED) is 0.0639. The fourth-order valence-corrected chi connectivity index (χ4v) is 7.62. The molecule has 352 valence electrons. The van der Waals surface area contributed by atoms with Gasteiger partial charge >= 0.3 is 10.4 Å². The maximum Gasteiger partial charge on any atom is 0.397 e. The molecule has 61 heavy (non-hydrogen) atoms. The highest BCUT2D eigenvalue weighted by molar-refractivity contribution is 7.80. The second kappa shape index (κ2) is 21.7. The number of hydrogen-bond donors (Lipinski definition) is 14. The molecule has 29 heteroatoms. The van der Waals surface area contributed by atoms with Gasteiger partial charge in [-0.1, -0.05) is 0 Å². The molecule has 0 radical (unpaired) electrons. The Morgan fingerprint density at radius 2 is 0.820 bits per heavy atom. The third-order valence-electron chi connectivity index (χ3n) is 10.0. The van der Waals surface area contributed by atoms with E-state index >= 15 is 0 Å². The van der Waals surface area contributed by atoms with E-state index in [4.69, 9.17) is 37.7 Å². The number of carbonyl (C=O) groups excluding carboxylic acids is 4. The number of nitrogens with one attached hydrogen (secondary N) is 4. The van der Waals surface area contributed by atoms with Gasteiger partial charge in [0.1, 0.15) is 97.4 Å². The predicted octanol–water partition coefficient (Wildman–Crippen LogP) is -9.35. The number of aliphatic hydroxyl groups is 9. The van der Waals surface area contributed by atoms with Crippen molar-refractivity contribution in [1.82, 2.24) is 21.3 Å². The van der Waals surface area contributed by atoms with Crippen LogP contribution in [0.25, 0.3) is 0 Å². The number of ether oxygens (including phenoxy) is 7. The van der Waals surface area contributed by atoms with Crippen LogP contribution in [0.2, 0.25) is 0 Å².